The zero-order valence-electron chi connectivity index (χ0n) is 12.7. The molecule has 0 aromatic carbocycles. The maximum atomic E-state index is 5.85. The van der Waals surface area contributed by atoms with Gasteiger partial charge in [0.05, 0.1) is 13.2 Å². The Morgan fingerprint density at radius 2 is 1.60 bits per heavy atom. The lowest BCUT2D eigenvalue weighted by Crippen LogP contribution is -2.61. The molecule has 0 saturated carbocycles. The lowest BCUT2D eigenvalue weighted by molar-refractivity contribution is -0.308. The first kappa shape index (κ1) is 17.6. The fraction of sp³-hybridized carbons (Fsp3) is 0.857. The van der Waals surface area contributed by atoms with Crippen molar-refractivity contribution < 1.29 is 28.4 Å². The van der Waals surface area contributed by atoms with Gasteiger partial charge in [-0.1, -0.05) is 6.08 Å². The van der Waals surface area contributed by atoms with Crippen LogP contribution in [0.1, 0.15) is 6.42 Å². The molecule has 5 atom stereocenters. The van der Waals surface area contributed by atoms with Gasteiger partial charge in [-0.25, -0.2) is 0 Å². The Labute approximate surface area is 120 Å². The Kier molecular flexibility index (Phi) is 8.28. The standard InChI is InChI=1S/C14H26O6/c1-6-7-8-19-9-10-11(15-2)12(16-3)13(17-4)14(18-5)20-10/h6,10-14H,1,7-9H2,2-5H3. The highest BCUT2D eigenvalue weighted by molar-refractivity contribution is 4.92. The Morgan fingerprint density at radius 3 is 2.10 bits per heavy atom. The lowest BCUT2D eigenvalue weighted by atomic mass is 9.98. The molecule has 118 valence electrons. The zero-order chi connectivity index (χ0) is 15.0. The summed E-state index contributed by atoms with van der Waals surface area (Å²) in [6.45, 7) is 4.66. The molecule has 20 heavy (non-hydrogen) atoms. The Bertz CT molecular complexity index is 272. The van der Waals surface area contributed by atoms with Gasteiger partial charge >= 0.3 is 0 Å². The van der Waals surface area contributed by atoms with E-state index in [-0.39, 0.29) is 24.4 Å². The van der Waals surface area contributed by atoms with Gasteiger partial charge in [-0.15, -0.1) is 6.58 Å². The summed E-state index contributed by atoms with van der Waals surface area (Å²) in [7, 11) is 6.42. The first-order valence-corrected chi connectivity index (χ1v) is 6.68. The number of hydrogen-bond donors (Lipinski definition) is 0. The molecule has 0 spiro atoms. The van der Waals surface area contributed by atoms with Crippen LogP contribution in [0, 0.1) is 0 Å². The Hall–Kier alpha value is -0.500. The van der Waals surface area contributed by atoms with Crippen LogP contribution in [0.5, 0.6) is 0 Å². The number of rotatable bonds is 9. The summed E-state index contributed by atoms with van der Waals surface area (Å²) in [5.74, 6) is 0. The SMILES string of the molecule is C=CCCOCC1OC(OC)C(OC)C(OC)C1OC. The molecule has 6 nitrogen and oxygen atoms in total. The van der Waals surface area contributed by atoms with E-state index < -0.39 is 6.29 Å². The second-order valence-electron chi connectivity index (χ2n) is 4.53. The molecule has 1 saturated heterocycles. The predicted molar refractivity (Wildman–Crippen MR) is 73.7 cm³/mol. The summed E-state index contributed by atoms with van der Waals surface area (Å²) in [5, 5.41) is 0. The van der Waals surface area contributed by atoms with Crippen LogP contribution in [-0.2, 0) is 28.4 Å². The Morgan fingerprint density at radius 1 is 0.950 bits per heavy atom. The molecule has 5 unspecified atom stereocenters. The van der Waals surface area contributed by atoms with Crippen molar-refractivity contribution >= 4 is 0 Å². The second kappa shape index (κ2) is 9.44. The Balaban J connectivity index is 2.69. The van der Waals surface area contributed by atoms with Crippen molar-refractivity contribution in [3.63, 3.8) is 0 Å². The molecule has 1 aliphatic heterocycles. The minimum Gasteiger partial charge on any atom is -0.378 e. The number of hydrogen-bond acceptors (Lipinski definition) is 6. The van der Waals surface area contributed by atoms with Gasteiger partial charge in [-0.3, -0.25) is 0 Å². The number of methoxy groups -OCH3 is 4. The van der Waals surface area contributed by atoms with Crippen LogP contribution in [0.3, 0.4) is 0 Å². The predicted octanol–water partition coefficient (Wildman–Crippen LogP) is 0.995. The highest BCUT2D eigenvalue weighted by atomic mass is 16.7. The molecule has 6 heteroatoms. The summed E-state index contributed by atoms with van der Waals surface area (Å²) in [5.41, 5.74) is 0. The molecule has 0 radical (unpaired) electrons. The van der Waals surface area contributed by atoms with E-state index in [2.05, 4.69) is 6.58 Å². The highest BCUT2D eigenvalue weighted by Gasteiger charge is 2.47. The fourth-order valence-electron chi connectivity index (χ4n) is 2.37. The topological polar surface area (TPSA) is 55.4 Å². The monoisotopic (exact) mass is 290 g/mol. The summed E-state index contributed by atoms with van der Waals surface area (Å²) >= 11 is 0. The average molecular weight is 290 g/mol. The van der Waals surface area contributed by atoms with Gasteiger partial charge in [0.25, 0.3) is 0 Å². The highest BCUT2D eigenvalue weighted by Crippen LogP contribution is 2.27. The number of ether oxygens (including phenoxy) is 6. The molecule has 1 aliphatic rings. The van der Waals surface area contributed by atoms with Crippen molar-refractivity contribution in [1.29, 1.82) is 0 Å². The maximum Gasteiger partial charge on any atom is 0.186 e. The van der Waals surface area contributed by atoms with Crippen LogP contribution in [-0.4, -0.2) is 72.4 Å². The molecule has 1 heterocycles. The molecule has 0 N–H and O–H groups in total. The third kappa shape index (κ3) is 4.25. The van der Waals surface area contributed by atoms with Crippen molar-refractivity contribution in [2.24, 2.45) is 0 Å². The zero-order valence-corrected chi connectivity index (χ0v) is 12.7. The van der Waals surface area contributed by atoms with Gasteiger partial charge in [0.15, 0.2) is 6.29 Å². The van der Waals surface area contributed by atoms with Gasteiger partial charge in [0.2, 0.25) is 0 Å². The van der Waals surface area contributed by atoms with Gasteiger partial charge in [0, 0.05) is 28.4 Å². The first-order chi connectivity index (χ1) is 9.73. The third-order valence-electron chi connectivity index (χ3n) is 3.39. The van der Waals surface area contributed by atoms with E-state index in [0.29, 0.717) is 13.2 Å². The van der Waals surface area contributed by atoms with E-state index in [9.17, 15) is 0 Å². The molecule has 0 aromatic rings. The molecular weight excluding hydrogens is 264 g/mol. The maximum absolute atomic E-state index is 5.85. The quantitative estimate of drug-likeness (QED) is 0.466. The molecule has 0 amide bonds. The molecule has 1 rings (SSSR count). The molecule has 0 bridgehead atoms. The van der Waals surface area contributed by atoms with Crippen LogP contribution >= 0.6 is 0 Å². The van der Waals surface area contributed by atoms with Gasteiger partial charge in [0.1, 0.15) is 24.4 Å². The average Bonchev–Trinajstić information content (AvgIpc) is 2.49. The van der Waals surface area contributed by atoms with Gasteiger partial charge in [-0.05, 0) is 6.42 Å². The van der Waals surface area contributed by atoms with E-state index in [4.69, 9.17) is 28.4 Å². The van der Waals surface area contributed by atoms with Crippen LogP contribution in [0.2, 0.25) is 0 Å². The van der Waals surface area contributed by atoms with Crippen LogP contribution in [0.25, 0.3) is 0 Å². The summed E-state index contributed by atoms with van der Waals surface area (Å²) in [4.78, 5) is 0. The van der Waals surface area contributed by atoms with E-state index in [1.807, 2.05) is 6.08 Å². The summed E-state index contributed by atoms with van der Waals surface area (Å²) < 4.78 is 33.2. The van der Waals surface area contributed by atoms with E-state index in [0.717, 1.165) is 6.42 Å². The van der Waals surface area contributed by atoms with Crippen LogP contribution in [0.15, 0.2) is 12.7 Å². The van der Waals surface area contributed by atoms with Crippen molar-refractivity contribution in [3.05, 3.63) is 12.7 Å². The largest absolute Gasteiger partial charge is 0.378 e. The third-order valence-corrected chi connectivity index (χ3v) is 3.39. The first-order valence-electron chi connectivity index (χ1n) is 6.68. The van der Waals surface area contributed by atoms with E-state index in [1.54, 1.807) is 28.4 Å². The molecule has 0 aliphatic carbocycles. The molecule has 1 fully saturated rings. The van der Waals surface area contributed by atoms with Crippen molar-refractivity contribution in [2.45, 2.75) is 37.1 Å². The normalized spacial score (nSPS) is 34.1. The fourth-order valence-corrected chi connectivity index (χ4v) is 2.37. The van der Waals surface area contributed by atoms with Crippen molar-refractivity contribution in [2.75, 3.05) is 41.7 Å². The summed E-state index contributed by atoms with van der Waals surface area (Å²) in [6, 6.07) is 0. The summed E-state index contributed by atoms with van der Waals surface area (Å²) in [6.07, 6.45) is 0.922. The molecule has 0 aromatic heterocycles. The van der Waals surface area contributed by atoms with Gasteiger partial charge < -0.3 is 28.4 Å². The second-order valence-corrected chi connectivity index (χ2v) is 4.53. The minimum atomic E-state index is -0.510. The lowest BCUT2D eigenvalue weighted by Gasteiger charge is -2.44. The van der Waals surface area contributed by atoms with E-state index >= 15 is 0 Å². The smallest absolute Gasteiger partial charge is 0.186 e. The van der Waals surface area contributed by atoms with Crippen molar-refractivity contribution in [1.82, 2.24) is 0 Å². The van der Waals surface area contributed by atoms with Crippen LogP contribution in [0.4, 0.5) is 0 Å². The van der Waals surface area contributed by atoms with Gasteiger partial charge in [-0.2, -0.15) is 0 Å². The van der Waals surface area contributed by atoms with Crippen LogP contribution < -0.4 is 0 Å². The van der Waals surface area contributed by atoms with E-state index in [1.165, 1.54) is 0 Å². The minimum absolute atomic E-state index is 0.272. The molecular formula is C14H26O6. The van der Waals surface area contributed by atoms with Crippen molar-refractivity contribution in [3.8, 4) is 0 Å².